The molecule has 0 spiro atoms. The van der Waals surface area contributed by atoms with E-state index in [9.17, 15) is 14.7 Å². The van der Waals surface area contributed by atoms with Crippen molar-refractivity contribution in [1.82, 2.24) is 9.97 Å². The zero-order valence-corrected chi connectivity index (χ0v) is 14.5. The average Bonchev–Trinajstić information content (AvgIpc) is 3.01. The Balaban J connectivity index is 1.62. The van der Waals surface area contributed by atoms with Crippen molar-refractivity contribution >= 4 is 40.4 Å². The number of benzene rings is 2. The van der Waals surface area contributed by atoms with Crippen molar-refractivity contribution in [3.63, 3.8) is 0 Å². The second-order valence-electron chi connectivity index (χ2n) is 5.30. The fraction of sp³-hybridized carbons (Fsp3) is 0.118. The van der Waals surface area contributed by atoms with Gasteiger partial charge < -0.3 is 25.3 Å². The summed E-state index contributed by atoms with van der Waals surface area (Å²) in [7, 11) is 1.58. The fourth-order valence-electron chi connectivity index (χ4n) is 2.28. The van der Waals surface area contributed by atoms with E-state index in [1.165, 1.54) is 30.0 Å². The van der Waals surface area contributed by atoms with Gasteiger partial charge in [0.1, 0.15) is 17.1 Å². The number of aromatic carboxylic acids is 1. The molecule has 0 aliphatic rings. The van der Waals surface area contributed by atoms with Crippen LogP contribution in [0.3, 0.4) is 0 Å². The van der Waals surface area contributed by atoms with Gasteiger partial charge >= 0.3 is 5.97 Å². The monoisotopic (exact) mass is 373 g/mol. The highest BCUT2D eigenvalue weighted by molar-refractivity contribution is 7.99. The molecule has 1 heterocycles. The molecule has 9 heteroatoms. The van der Waals surface area contributed by atoms with Crippen LogP contribution in [0.25, 0.3) is 11.0 Å². The van der Waals surface area contributed by atoms with E-state index in [4.69, 9.17) is 9.84 Å². The number of nitrogens with one attached hydrogen (secondary N) is 2. The number of methoxy groups -OCH3 is 1. The zero-order chi connectivity index (χ0) is 18.7. The highest BCUT2D eigenvalue weighted by Gasteiger charge is 2.12. The summed E-state index contributed by atoms with van der Waals surface area (Å²) in [4.78, 5) is 30.4. The molecule has 0 atom stereocenters. The molecule has 134 valence electrons. The predicted octanol–water partition coefficient (Wildman–Crippen LogP) is 2.71. The third kappa shape index (κ3) is 3.89. The van der Waals surface area contributed by atoms with Gasteiger partial charge in [-0.2, -0.15) is 0 Å². The van der Waals surface area contributed by atoms with Crippen molar-refractivity contribution in [2.45, 2.75) is 5.16 Å². The lowest BCUT2D eigenvalue weighted by atomic mass is 10.2. The van der Waals surface area contributed by atoms with E-state index in [1.807, 2.05) is 12.1 Å². The second kappa shape index (κ2) is 7.36. The molecule has 1 aromatic heterocycles. The van der Waals surface area contributed by atoms with Crippen LogP contribution in [-0.2, 0) is 4.79 Å². The number of aromatic amines is 1. The Kier molecular flexibility index (Phi) is 4.99. The number of hydrogen-bond acceptors (Lipinski definition) is 6. The minimum Gasteiger partial charge on any atom is -0.507 e. The lowest BCUT2D eigenvalue weighted by Gasteiger charge is -2.06. The number of carboxylic acids is 1. The lowest BCUT2D eigenvalue weighted by molar-refractivity contribution is -0.113. The van der Waals surface area contributed by atoms with Gasteiger partial charge in [0.15, 0.2) is 5.16 Å². The number of carboxylic acid groups (broad SMARTS) is 1. The number of carbonyl (C=O) groups is 2. The summed E-state index contributed by atoms with van der Waals surface area (Å²) in [6.45, 7) is 0. The third-order valence-corrected chi connectivity index (χ3v) is 4.39. The van der Waals surface area contributed by atoms with Crippen molar-refractivity contribution in [3.8, 4) is 11.5 Å². The Morgan fingerprint density at radius 3 is 2.77 bits per heavy atom. The maximum absolute atomic E-state index is 12.0. The molecule has 1 amide bonds. The molecule has 0 radical (unpaired) electrons. The number of imidazole rings is 1. The number of nitrogens with zero attached hydrogens (tertiary/aromatic N) is 1. The Labute approximate surface area is 152 Å². The number of thioether (sulfide) groups is 1. The van der Waals surface area contributed by atoms with Crippen LogP contribution in [0.5, 0.6) is 11.5 Å². The summed E-state index contributed by atoms with van der Waals surface area (Å²) in [6.07, 6.45) is 0. The lowest BCUT2D eigenvalue weighted by Crippen LogP contribution is -2.14. The highest BCUT2D eigenvalue weighted by Crippen LogP contribution is 2.24. The van der Waals surface area contributed by atoms with Gasteiger partial charge in [-0.1, -0.05) is 11.8 Å². The number of hydrogen-bond donors (Lipinski definition) is 4. The number of H-pyrrole nitrogens is 1. The van der Waals surface area contributed by atoms with Crippen molar-refractivity contribution in [3.05, 3.63) is 42.0 Å². The Bertz CT molecular complexity index is 986. The molecule has 0 saturated heterocycles. The number of amides is 1. The molecule has 26 heavy (non-hydrogen) atoms. The molecule has 3 rings (SSSR count). The van der Waals surface area contributed by atoms with Crippen LogP contribution in [0, 0.1) is 0 Å². The summed E-state index contributed by atoms with van der Waals surface area (Å²) in [5.74, 6) is -1.16. The Morgan fingerprint density at radius 2 is 2.08 bits per heavy atom. The van der Waals surface area contributed by atoms with Gasteiger partial charge in [-0.05, 0) is 24.3 Å². The highest BCUT2D eigenvalue weighted by atomic mass is 32.2. The summed E-state index contributed by atoms with van der Waals surface area (Å²) in [5, 5.41) is 21.7. The van der Waals surface area contributed by atoms with E-state index in [0.717, 1.165) is 11.0 Å². The van der Waals surface area contributed by atoms with E-state index < -0.39 is 11.7 Å². The van der Waals surface area contributed by atoms with Gasteiger partial charge in [0.25, 0.3) is 0 Å². The number of anilines is 1. The first-order valence-electron chi connectivity index (χ1n) is 7.49. The number of ether oxygens (including phenoxy) is 1. The van der Waals surface area contributed by atoms with E-state index in [-0.39, 0.29) is 17.2 Å². The number of carbonyl (C=O) groups excluding carboxylic acids is 1. The van der Waals surface area contributed by atoms with Crippen molar-refractivity contribution in [1.29, 1.82) is 0 Å². The predicted molar refractivity (Wildman–Crippen MR) is 97.1 cm³/mol. The first-order valence-corrected chi connectivity index (χ1v) is 8.47. The zero-order valence-electron chi connectivity index (χ0n) is 13.6. The van der Waals surface area contributed by atoms with Gasteiger partial charge in [-0.25, -0.2) is 9.78 Å². The van der Waals surface area contributed by atoms with Crippen LogP contribution in [-0.4, -0.2) is 44.9 Å². The van der Waals surface area contributed by atoms with E-state index in [2.05, 4.69) is 15.3 Å². The molecule has 4 N–H and O–H groups in total. The van der Waals surface area contributed by atoms with Crippen LogP contribution < -0.4 is 10.1 Å². The van der Waals surface area contributed by atoms with Crippen LogP contribution in [0.15, 0.2) is 41.6 Å². The van der Waals surface area contributed by atoms with Gasteiger partial charge in [0.2, 0.25) is 5.91 Å². The summed E-state index contributed by atoms with van der Waals surface area (Å²) < 4.78 is 5.15. The summed E-state index contributed by atoms with van der Waals surface area (Å²) in [5.41, 5.74) is 1.66. The van der Waals surface area contributed by atoms with Crippen LogP contribution in [0.1, 0.15) is 10.4 Å². The van der Waals surface area contributed by atoms with Crippen LogP contribution in [0.2, 0.25) is 0 Å². The normalized spacial score (nSPS) is 10.7. The minimum absolute atomic E-state index is 0.0956. The van der Waals surface area contributed by atoms with Gasteiger partial charge in [0.05, 0.1) is 23.9 Å². The SMILES string of the molecule is COc1ccc2[nH]c(SCC(=O)Nc3ccc(C(=O)O)c(O)c3)nc2c1. The largest absolute Gasteiger partial charge is 0.507 e. The number of aromatic hydroxyl groups is 1. The van der Waals surface area contributed by atoms with Gasteiger partial charge in [-0.3, -0.25) is 4.79 Å². The van der Waals surface area contributed by atoms with Crippen LogP contribution in [0.4, 0.5) is 5.69 Å². The summed E-state index contributed by atoms with van der Waals surface area (Å²) in [6, 6.07) is 9.29. The third-order valence-electron chi connectivity index (χ3n) is 3.52. The standard InChI is InChI=1S/C17H15N3O5S/c1-25-10-3-5-12-13(7-10)20-17(19-12)26-8-15(22)18-9-2-4-11(16(23)24)14(21)6-9/h2-7,21H,8H2,1H3,(H,18,22)(H,19,20)(H,23,24). The molecule has 2 aromatic carbocycles. The number of aromatic nitrogens is 2. The average molecular weight is 373 g/mol. The molecule has 0 aliphatic heterocycles. The minimum atomic E-state index is -1.24. The van der Waals surface area contributed by atoms with Crippen molar-refractivity contribution in [2.24, 2.45) is 0 Å². The molecule has 0 fully saturated rings. The number of phenols is 1. The molecule has 0 saturated carbocycles. The van der Waals surface area contributed by atoms with Gasteiger partial charge in [0, 0.05) is 17.8 Å². The summed E-state index contributed by atoms with van der Waals surface area (Å²) >= 11 is 1.22. The quantitative estimate of drug-likeness (QED) is 0.490. The van der Waals surface area contributed by atoms with Crippen molar-refractivity contribution < 1.29 is 24.5 Å². The molecular weight excluding hydrogens is 358 g/mol. The van der Waals surface area contributed by atoms with Crippen molar-refractivity contribution in [2.75, 3.05) is 18.2 Å². The Morgan fingerprint density at radius 1 is 1.27 bits per heavy atom. The maximum Gasteiger partial charge on any atom is 0.339 e. The smallest absolute Gasteiger partial charge is 0.339 e. The topological polar surface area (TPSA) is 125 Å². The van der Waals surface area contributed by atoms with E-state index in [1.54, 1.807) is 13.2 Å². The molecule has 3 aromatic rings. The molecular formula is C17H15N3O5S. The Hall–Kier alpha value is -3.20. The molecule has 0 aliphatic carbocycles. The first kappa shape index (κ1) is 17.6. The second-order valence-corrected chi connectivity index (χ2v) is 6.26. The number of fused-ring (bicyclic) bond motifs is 1. The van der Waals surface area contributed by atoms with Gasteiger partial charge in [-0.15, -0.1) is 0 Å². The maximum atomic E-state index is 12.0. The first-order chi connectivity index (χ1) is 12.5. The van der Waals surface area contributed by atoms with E-state index >= 15 is 0 Å². The van der Waals surface area contributed by atoms with Crippen LogP contribution >= 0.6 is 11.8 Å². The number of rotatable bonds is 6. The molecule has 0 unspecified atom stereocenters. The fourth-order valence-corrected chi connectivity index (χ4v) is 2.96. The van der Waals surface area contributed by atoms with E-state index in [0.29, 0.717) is 16.6 Å². The molecule has 8 nitrogen and oxygen atoms in total. The molecule has 0 bridgehead atoms.